The molecule has 0 aliphatic heterocycles. The minimum atomic E-state index is -5.08. The number of nitrogens with two attached hydrogens (primary N) is 3. The van der Waals surface area contributed by atoms with Gasteiger partial charge < -0.3 is 27.1 Å². The van der Waals surface area contributed by atoms with E-state index in [1.165, 1.54) is 44.2 Å². The Morgan fingerprint density at radius 3 is 2.16 bits per heavy atom. The zero-order valence-electron chi connectivity index (χ0n) is 19.1. The third-order valence-corrected chi connectivity index (χ3v) is 6.14. The quantitative estimate of drug-likeness (QED) is 0.172. The number of sulfonamides is 1. The van der Waals surface area contributed by atoms with Crippen LogP contribution in [-0.2, 0) is 24.4 Å². The molecule has 0 radical (unpaired) electrons. The van der Waals surface area contributed by atoms with Gasteiger partial charge in [-0.1, -0.05) is 23.7 Å². The van der Waals surface area contributed by atoms with E-state index in [0.29, 0.717) is 5.69 Å². The molecule has 2 aromatic rings. The zero-order valence-corrected chi connectivity index (χ0v) is 20.6. The summed E-state index contributed by atoms with van der Waals surface area (Å²) >= 11 is 5.95. The number of amides is 1. The second-order valence-electron chi connectivity index (χ2n) is 7.08. The molecule has 2 rings (SSSR count). The normalized spacial score (nSPS) is 12.8. The van der Waals surface area contributed by atoms with Crippen molar-refractivity contribution in [3.63, 3.8) is 0 Å². The molecule has 1 amide bonds. The Hall–Kier alpha value is -3.99. The predicted octanol–water partition coefficient (Wildman–Crippen LogP) is 0.864. The average molecular weight is 571 g/mol. The van der Waals surface area contributed by atoms with Crippen LogP contribution >= 0.6 is 11.6 Å². The molecule has 13 nitrogen and oxygen atoms in total. The topological polar surface area (TPSA) is 222 Å². The summed E-state index contributed by atoms with van der Waals surface area (Å²) in [5.74, 6) is -4.06. The molecule has 1 aromatic heterocycles. The number of nitrogens with one attached hydrogen (secondary N) is 1. The van der Waals surface area contributed by atoms with Crippen LogP contribution in [0.5, 0.6) is 0 Å². The molecule has 0 bridgehead atoms. The van der Waals surface area contributed by atoms with Crippen LogP contribution in [-0.4, -0.2) is 48.2 Å². The van der Waals surface area contributed by atoms with Crippen molar-refractivity contribution in [2.75, 3.05) is 4.72 Å². The fraction of sp³-hybridized carbons (Fsp3) is 0.263. The molecular weight excluding hydrogens is 549 g/mol. The Balaban J connectivity index is 0.000000856. The highest BCUT2D eigenvalue weighted by Crippen LogP contribution is 2.23. The number of carboxylic acids is 1. The van der Waals surface area contributed by atoms with Crippen LogP contribution in [0.1, 0.15) is 18.7 Å². The highest BCUT2D eigenvalue weighted by Gasteiger charge is 2.38. The van der Waals surface area contributed by atoms with E-state index in [4.69, 9.17) is 43.5 Å². The molecule has 0 aliphatic rings. The van der Waals surface area contributed by atoms with Gasteiger partial charge in [-0.15, -0.1) is 0 Å². The van der Waals surface area contributed by atoms with Gasteiger partial charge in [-0.25, -0.2) is 13.2 Å². The van der Waals surface area contributed by atoms with Crippen LogP contribution in [0, 0.1) is 6.92 Å². The van der Waals surface area contributed by atoms with Gasteiger partial charge in [-0.3, -0.25) is 18.9 Å². The molecule has 0 fully saturated rings. The van der Waals surface area contributed by atoms with Gasteiger partial charge in [0.25, 0.3) is 15.6 Å². The number of guanidine groups is 1. The molecule has 0 spiro atoms. The monoisotopic (exact) mass is 570 g/mol. The first kappa shape index (κ1) is 31.0. The number of oxime groups is 1. The molecule has 0 saturated heterocycles. The van der Waals surface area contributed by atoms with E-state index in [1.807, 2.05) is 0 Å². The lowest BCUT2D eigenvalue weighted by atomic mass is 10.1. The third kappa shape index (κ3) is 8.57. The van der Waals surface area contributed by atoms with Crippen molar-refractivity contribution >= 4 is 45.1 Å². The Morgan fingerprint density at radius 2 is 1.70 bits per heavy atom. The summed E-state index contributed by atoms with van der Waals surface area (Å²) in [4.78, 5) is 38.8. The molecule has 8 N–H and O–H groups in total. The number of anilines is 1. The summed E-state index contributed by atoms with van der Waals surface area (Å²) < 4.78 is 60.3. The highest BCUT2D eigenvalue weighted by atomic mass is 35.5. The summed E-state index contributed by atoms with van der Waals surface area (Å²) in [5, 5.41) is 10.5. The molecular formula is C19H22ClF3N6O7S. The largest absolute Gasteiger partial charge is 0.490 e. The first-order chi connectivity index (χ1) is 16.9. The van der Waals surface area contributed by atoms with Gasteiger partial charge in [0.1, 0.15) is 10.6 Å². The van der Waals surface area contributed by atoms with E-state index >= 15 is 0 Å². The van der Waals surface area contributed by atoms with Crippen LogP contribution < -0.4 is 27.5 Å². The number of hydrogen-bond donors (Lipinski definition) is 5. The van der Waals surface area contributed by atoms with Gasteiger partial charge >= 0.3 is 12.1 Å². The first-order valence-electron chi connectivity index (χ1n) is 9.73. The van der Waals surface area contributed by atoms with Crippen molar-refractivity contribution in [3.05, 3.63) is 57.5 Å². The average Bonchev–Trinajstić information content (AvgIpc) is 2.76. The number of primary amides is 1. The lowest BCUT2D eigenvalue weighted by Crippen LogP contribution is -2.42. The molecule has 1 aromatic carbocycles. The minimum absolute atomic E-state index is 0.0216. The SMILES string of the molecule is Cc1ccc(NS(=O)(=O)c2ccccc2Cl)c(=O)n1C(C(N)=O)C(C)ON=C(N)N.O=C(O)C(F)(F)F. The summed E-state index contributed by atoms with van der Waals surface area (Å²) in [5.41, 5.74) is 15.1. The number of carbonyl (C=O) groups excluding carboxylic acids is 1. The second kappa shape index (κ2) is 12.3. The lowest BCUT2D eigenvalue weighted by molar-refractivity contribution is -0.192. The Labute approximate surface area is 212 Å². The Morgan fingerprint density at radius 1 is 1.16 bits per heavy atom. The van der Waals surface area contributed by atoms with Crippen LogP contribution in [0.4, 0.5) is 18.9 Å². The fourth-order valence-electron chi connectivity index (χ4n) is 2.70. The number of alkyl halides is 3. The van der Waals surface area contributed by atoms with E-state index in [9.17, 15) is 31.2 Å². The number of rotatable bonds is 8. The second-order valence-corrected chi connectivity index (χ2v) is 9.13. The Kier molecular flexibility index (Phi) is 10.3. The van der Waals surface area contributed by atoms with Crippen LogP contribution in [0.3, 0.4) is 0 Å². The molecule has 1 heterocycles. The maximum absolute atomic E-state index is 13.0. The lowest BCUT2D eigenvalue weighted by Gasteiger charge is -2.24. The molecule has 2 unspecified atom stereocenters. The number of aliphatic carboxylic acids is 1. The van der Waals surface area contributed by atoms with Crippen molar-refractivity contribution in [2.45, 2.75) is 37.1 Å². The third-order valence-electron chi connectivity index (χ3n) is 4.27. The van der Waals surface area contributed by atoms with Gasteiger partial charge in [0.15, 0.2) is 12.1 Å². The van der Waals surface area contributed by atoms with E-state index in [2.05, 4.69) is 9.88 Å². The predicted molar refractivity (Wildman–Crippen MR) is 126 cm³/mol. The highest BCUT2D eigenvalue weighted by molar-refractivity contribution is 7.92. The smallest absolute Gasteiger partial charge is 0.475 e. The number of halogens is 4. The number of carboxylic acid groups (broad SMARTS) is 1. The molecule has 0 aliphatic carbocycles. The number of pyridine rings is 1. The van der Waals surface area contributed by atoms with Crippen molar-refractivity contribution in [1.82, 2.24) is 4.57 Å². The van der Waals surface area contributed by atoms with E-state index < -0.39 is 51.7 Å². The number of benzene rings is 1. The van der Waals surface area contributed by atoms with Crippen LogP contribution in [0.2, 0.25) is 5.02 Å². The van der Waals surface area contributed by atoms with Crippen LogP contribution in [0.25, 0.3) is 0 Å². The minimum Gasteiger partial charge on any atom is -0.475 e. The maximum Gasteiger partial charge on any atom is 0.490 e. The van der Waals surface area contributed by atoms with Crippen LogP contribution in [0.15, 0.2) is 51.2 Å². The number of aromatic nitrogens is 1. The van der Waals surface area contributed by atoms with Gasteiger partial charge in [0.2, 0.25) is 11.9 Å². The molecule has 204 valence electrons. The number of hydrogen-bond acceptors (Lipinski definition) is 7. The number of carbonyl (C=O) groups is 2. The number of nitrogens with zero attached hydrogens (tertiary/aromatic N) is 2. The Bertz CT molecular complexity index is 1340. The summed E-state index contributed by atoms with van der Waals surface area (Å²) in [6, 6.07) is 7.11. The van der Waals surface area contributed by atoms with Gasteiger partial charge in [0.05, 0.1) is 5.02 Å². The maximum atomic E-state index is 13.0. The summed E-state index contributed by atoms with van der Waals surface area (Å²) in [6.07, 6.45) is -6.13. The van der Waals surface area contributed by atoms with Crippen molar-refractivity contribution in [2.24, 2.45) is 22.4 Å². The standard InChI is InChI=1S/C17H21ClN6O5S.C2HF3O2/c1-9-7-8-12(23-30(27,28)13-6-4-3-5-11(13)18)16(26)24(9)14(15(19)25)10(2)29-22-17(20)21;3-2(4,5)1(6)7/h3-8,10,14,23H,1-2H3,(H2,19,25)(H4,20,21,22);(H,6,7). The molecule has 18 heteroatoms. The van der Waals surface area contributed by atoms with E-state index in [1.54, 1.807) is 6.07 Å². The molecule has 2 atom stereocenters. The zero-order chi connectivity index (χ0) is 28.7. The molecule has 37 heavy (non-hydrogen) atoms. The number of aryl methyl sites for hydroxylation is 1. The van der Waals surface area contributed by atoms with Crippen molar-refractivity contribution in [3.8, 4) is 0 Å². The van der Waals surface area contributed by atoms with Gasteiger partial charge in [0, 0.05) is 5.69 Å². The van der Waals surface area contributed by atoms with Gasteiger partial charge in [-0.05, 0) is 43.3 Å². The summed E-state index contributed by atoms with van der Waals surface area (Å²) in [7, 11) is -4.18. The van der Waals surface area contributed by atoms with E-state index in [0.717, 1.165) is 4.57 Å². The van der Waals surface area contributed by atoms with E-state index in [-0.39, 0.29) is 15.6 Å². The fourth-order valence-corrected chi connectivity index (χ4v) is 4.28. The van der Waals surface area contributed by atoms with Crippen molar-refractivity contribution in [1.29, 1.82) is 0 Å². The van der Waals surface area contributed by atoms with Gasteiger partial charge in [-0.2, -0.15) is 13.2 Å². The first-order valence-corrected chi connectivity index (χ1v) is 11.6. The molecule has 0 saturated carbocycles. The van der Waals surface area contributed by atoms with Crippen molar-refractivity contribution < 1.29 is 41.1 Å². The summed E-state index contributed by atoms with van der Waals surface area (Å²) in [6.45, 7) is 2.96.